The SMILES string of the molecule is COc1ncc(B2OC(C)(C)C(C)(C)O2)cc1S(=O)(=O)N1CCCCC1. The largest absolute Gasteiger partial charge is 0.496 e. The predicted octanol–water partition coefficient (Wildman–Crippen LogP) is 1.56. The number of hydrogen-bond donors (Lipinski definition) is 0. The Morgan fingerprint density at radius 2 is 1.69 bits per heavy atom. The van der Waals surface area contributed by atoms with Crippen LogP contribution in [-0.4, -0.2) is 56.2 Å². The molecule has 0 bridgehead atoms. The average Bonchev–Trinajstić information content (AvgIpc) is 2.83. The van der Waals surface area contributed by atoms with Crippen molar-refractivity contribution in [2.24, 2.45) is 0 Å². The summed E-state index contributed by atoms with van der Waals surface area (Å²) in [5.74, 6) is 0.0934. The minimum atomic E-state index is -3.68. The van der Waals surface area contributed by atoms with E-state index in [1.165, 1.54) is 11.4 Å². The van der Waals surface area contributed by atoms with Crippen LogP contribution in [0, 0.1) is 0 Å². The summed E-state index contributed by atoms with van der Waals surface area (Å²) in [6, 6.07) is 1.57. The Morgan fingerprint density at radius 3 is 2.23 bits per heavy atom. The molecule has 3 heterocycles. The van der Waals surface area contributed by atoms with Crippen molar-refractivity contribution in [2.45, 2.75) is 63.1 Å². The Labute approximate surface area is 156 Å². The quantitative estimate of drug-likeness (QED) is 0.736. The van der Waals surface area contributed by atoms with E-state index in [1.807, 2.05) is 27.7 Å². The standard InChI is InChI=1S/C17H27BN2O5S/c1-16(2)17(3,4)25-18(24-16)13-11-14(15(23-5)19-12-13)26(21,22)20-9-7-6-8-10-20/h11-12H,6-10H2,1-5H3. The Morgan fingerprint density at radius 1 is 1.12 bits per heavy atom. The van der Waals surface area contributed by atoms with Crippen LogP contribution in [0.5, 0.6) is 5.88 Å². The molecule has 0 radical (unpaired) electrons. The highest BCUT2D eigenvalue weighted by atomic mass is 32.2. The molecule has 2 saturated heterocycles. The molecule has 0 amide bonds. The van der Waals surface area contributed by atoms with Gasteiger partial charge in [-0.2, -0.15) is 4.31 Å². The molecule has 0 N–H and O–H groups in total. The number of ether oxygens (including phenoxy) is 1. The van der Waals surface area contributed by atoms with Crippen LogP contribution in [0.4, 0.5) is 0 Å². The lowest BCUT2D eigenvalue weighted by Crippen LogP contribution is -2.41. The Balaban J connectivity index is 1.98. The fourth-order valence-electron chi connectivity index (χ4n) is 3.14. The van der Waals surface area contributed by atoms with Crippen molar-refractivity contribution in [3.8, 4) is 5.88 Å². The van der Waals surface area contributed by atoms with E-state index in [4.69, 9.17) is 14.0 Å². The van der Waals surface area contributed by atoms with E-state index >= 15 is 0 Å². The summed E-state index contributed by atoms with van der Waals surface area (Å²) in [7, 11) is -2.93. The second-order valence-electron chi connectivity index (χ2n) is 7.83. The fourth-order valence-corrected chi connectivity index (χ4v) is 4.80. The first-order valence-corrected chi connectivity index (χ1v) is 10.4. The van der Waals surface area contributed by atoms with Gasteiger partial charge in [-0.3, -0.25) is 0 Å². The summed E-state index contributed by atoms with van der Waals surface area (Å²) in [6.07, 6.45) is 4.34. The van der Waals surface area contributed by atoms with Crippen molar-refractivity contribution >= 4 is 22.6 Å². The Kier molecular flexibility index (Phi) is 5.11. The van der Waals surface area contributed by atoms with Crippen molar-refractivity contribution in [3.63, 3.8) is 0 Å². The second kappa shape index (κ2) is 6.78. The van der Waals surface area contributed by atoms with Gasteiger partial charge in [0.1, 0.15) is 4.90 Å². The molecule has 0 saturated carbocycles. The molecule has 2 aliphatic heterocycles. The molecule has 26 heavy (non-hydrogen) atoms. The summed E-state index contributed by atoms with van der Waals surface area (Å²) >= 11 is 0. The molecule has 144 valence electrons. The second-order valence-corrected chi connectivity index (χ2v) is 9.74. The molecule has 0 unspecified atom stereocenters. The van der Waals surface area contributed by atoms with Crippen LogP contribution in [0.15, 0.2) is 17.2 Å². The third-order valence-electron chi connectivity index (χ3n) is 5.49. The maximum atomic E-state index is 13.1. The maximum absolute atomic E-state index is 13.1. The first-order chi connectivity index (χ1) is 12.1. The van der Waals surface area contributed by atoms with Crippen LogP contribution in [0.3, 0.4) is 0 Å². The van der Waals surface area contributed by atoms with Crippen LogP contribution < -0.4 is 10.2 Å². The number of sulfonamides is 1. The molecule has 1 aromatic heterocycles. The van der Waals surface area contributed by atoms with Gasteiger partial charge < -0.3 is 14.0 Å². The van der Waals surface area contributed by atoms with Gasteiger partial charge >= 0.3 is 7.12 Å². The molecule has 2 aliphatic rings. The van der Waals surface area contributed by atoms with E-state index in [0.717, 1.165) is 19.3 Å². The van der Waals surface area contributed by atoms with Crippen LogP contribution in [0.2, 0.25) is 0 Å². The van der Waals surface area contributed by atoms with Gasteiger partial charge in [0.15, 0.2) is 0 Å². The minimum Gasteiger partial charge on any atom is -0.480 e. The van der Waals surface area contributed by atoms with Crippen LogP contribution >= 0.6 is 0 Å². The van der Waals surface area contributed by atoms with Gasteiger partial charge in [0.25, 0.3) is 0 Å². The molecule has 0 aromatic carbocycles. The first-order valence-electron chi connectivity index (χ1n) is 8.98. The van der Waals surface area contributed by atoms with E-state index in [2.05, 4.69) is 4.98 Å². The summed E-state index contributed by atoms with van der Waals surface area (Å²) in [6.45, 7) is 8.85. The van der Waals surface area contributed by atoms with E-state index < -0.39 is 28.3 Å². The van der Waals surface area contributed by atoms with E-state index in [1.54, 1.807) is 12.3 Å². The zero-order valence-corrected chi connectivity index (χ0v) is 16.9. The molecular weight excluding hydrogens is 355 g/mol. The molecule has 0 spiro atoms. The molecule has 9 heteroatoms. The third-order valence-corrected chi connectivity index (χ3v) is 7.38. The highest BCUT2D eigenvalue weighted by molar-refractivity contribution is 7.89. The molecular formula is C17H27BN2O5S. The molecule has 7 nitrogen and oxygen atoms in total. The van der Waals surface area contributed by atoms with Gasteiger partial charge in [-0.25, -0.2) is 13.4 Å². The number of methoxy groups -OCH3 is 1. The smallest absolute Gasteiger partial charge is 0.480 e. The molecule has 1 aromatic rings. The van der Waals surface area contributed by atoms with Crippen molar-refractivity contribution in [3.05, 3.63) is 12.3 Å². The van der Waals surface area contributed by atoms with Crippen molar-refractivity contribution in [1.29, 1.82) is 0 Å². The van der Waals surface area contributed by atoms with Crippen molar-refractivity contribution in [1.82, 2.24) is 9.29 Å². The molecule has 0 atom stereocenters. The molecule has 3 rings (SSSR count). The van der Waals surface area contributed by atoms with Gasteiger partial charge in [0.2, 0.25) is 15.9 Å². The number of hydrogen-bond acceptors (Lipinski definition) is 6. The summed E-state index contributed by atoms with van der Waals surface area (Å²) < 4.78 is 45.0. The monoisotopic (exact) mass is 382 g/mol. The molecule has 0 aliphatic carbocycles. The highest BCUT2D eigenvalue weighted by Crippen LogP contribution is 2.37. The number of piperidine rings is 1. The highest BCUT2D eigenvalue weighted by Gasteiger charge is 2.52. The van der Waals surface area contributed by atoms with Gasteiger partial charge in [-0.15, -0.1) is 0 Å². The van der Waals surface area contributed by atoms with Crippen molar-refractivity contribution in [2.75, 3.05) is 20.2 Å². The lowest BCUT2D eigenvalue weighted by atomic mass is 9.80. The predicted molar refractivity (Wildman–Crippen MR) is 99.1 cm³/mol. The topological polar surface area (TPSA) is 78.0 Å². The molecule has 2 fully saturated rings. The average molecular weight is 382 g/mol. The number of pyridine rings is 1. The lowest BCUT2D eigenvalue weighted by Gasteiger charge is -2.32. The summed E-state index contributed by atoms with van der Waals surface area (Å²) in [5, 5.41) is 0. The third kappa shape index (κ3) is 3.37. The van der Waals surface area contributed by atoms with Crippen molar-refractivity contribution < 1.29 is 22.5 Å². The van der Waals surface area contributed by atoms with E-state index in [9.17, 15) is 8.42 Å². The Bertz CT molecular complexity index is 759. The Hall–Kier alpha value is -1.16. The number of rotatable bonds is 4. The normalized spacial score (nSPS) is 23.2. The van der Waals surface area contributed by atoms with Crippen LogP contribution in [0.1, 0.15) is 47.0 Å². The van der Waals surface area contributed by atoms with Gasteiger partial charge in [0, 0.05) is 24.7 Å². The van der Waals surface area contributed by atoms with Gasteiger partial charge in [-0.1, -0.05) is 6.42 Å². The summed E-state index contributed by atoms with van der Waals surface area (Å²) in [4.78, 5) is 4.27. The summed E-state index contributed by atoms with van der Waals surface area (Å²) in [5.41, 5.74) is -0.451. The number of nitrogens with zero attached hydrogens (tertiary/aromatic N) is 2. The zero-order chi connectivity index (χ0) is 19.2. The van der Waals surface area contributed by atoms with Crippen LogP contribution in [-0.2, 0) is 19.3 Å². The minimum absolute atomic E-state index is 0.0640. The first kappa shape index (κ1) is 19.6. The lowest BCUT2D eigenvalue weighted by molar-refractivity contribution is 0.00578. The van der Waals surface area contributed by atoms with E-state index in [0.29, 0.717) is 18.6 Å². The van der Waals surface area contributed by atoms with Gasteiger partial charge in [-0.05, 0) is 46.6 Å². The zero-order valence-electron chi connectivity index (χ0n) is 16.1. The van der Waals surface area contributed by atoms with Crippen LogP contribution in [0.25, 0.3) is 0 Å². The maximum Gasteiger partial charge on any atom is 0.496 e. The van der Waals surface area contributed by atoms with E-state index in [-0.39, 0.29) is 10.8 Å². The fraction of sp³-hybridized carbons (Fsp3) is 0.706. The van der Waals surface area contributed by atoms with Gasteiger partial charge in [0.05, 0.1) is 18.3 Å². The number of aromatic nitrogens is 1.